The minimum absolute atomic E-state index is 0.0481. The molecule has 2 aromatic rings. The fourth-order valence-corrected chi connectivity index (χ4v) is 3.32. The maximum atomic E-state index is 12.5. The molecular formula is C18H15NO3. The molecule has 0 aromatic heterocycles. The van der Waals surface area contributed by atoms with Crippen LogP contribution in [0, 0.1) is 0 Å². The van der Waals surface area contributed by atoms with Gasteiger partial charge in [0.1, 0.15) is 5.78 Å². The van der Waals surface area contributed by atoms with Crippen molar-refractivity contribution in [2.24, 2.45) is 0 Å². The van der Waals surface area contributed by atoms with E-state index in [0.717, 1.165) is 16.8 Å². The molecule has 0 unspecified atom stereocenters. The summed E-state index contributed by atoms with van der Waals surface area (Å²) in [5.74, 6) is -0.199. The number of hydrogen-bond acceptors (Lipinski definition) is 3. The second-order valence-electron chi connectivity index (χ2n) is 5.76. The second-order valence-corrected chi connectivity index (χ2v) is 5.76. The number of carbonyl (C=O) groups excluding carboxylic acids is 2. The molecule has 2 heterocycles. The second kappa shape index (κ2) is 4.78. The van der Waals surface area contributed by atoms with Crippen LogP contribution in [0.3, 0.4) is 0 Å². The van der Waals surface area contributed by atoms with E-state index in [1.54, 1.807) is 0 Å². The van der Waals surface area contributed by atoms with Crippen molar-refractivity contribution in [3.8, 4) is 0 Å². The van der Waals surface area contributed by atoms with Gasteiger partial charge in [-0.25, -0.2) is 0 Å². The van der Waals surface area contributed by atoms with Crippen molar-refractivity contribution in [1.29, 1.82) is 0 Å². The van der Waals surface area contributed by atoms with Crippen molar-refractivity contribution >= 4 is 17.4 Å². The number of benzene rings is 2. The zero-order valence-electron chi connectivity index (χ0n) is 11.9. The molecule has 22 heavy (non-hydrogen) atoms. The summed E-state index contributed by atoms with van der Waals surface area (Å²) >= 11 is 0. The Morgan fingerprint density at radius 1 is 1.00 bits per heavy atom. The lowest BCUT2D eigenvalue weighted by molar-refractivity contribution is -0.170. The summed E-state index contributed by atoms with van der Waals surface area (Å²) < 4.78 is 6.20. The van der Waals surface area contributed by atoms with Crippen LogP contribution >= 0.6 is 0 Å². The van der Waals surface area contributed by atoms with Crippen LogP contribution in [0.4, 0.5) is 5.69 Å². The van der Waals surface area contributed by atoms with Crippen LogP contribution in [0.2, 0.25) is 0 Å². The van der Waals surface area contributed by atoms with Crippen LogP contribution in [0.1, 0.15) is 30.1 Å². The van der Waals surface area contributed by atoms with Crippen molar-refractivity contribution in [2.45, 2.75) is 24.5 Å². The highest BCUT2D eigenvalue weighted by atomic mass is 16.5. The van der Waals surface area contributed by atoms with E-state index in [0.29, 0.717) is 6.42 Å². The average molecular weight is 293 g/mol. The number of amides is 1. The number of ether oxygens (including phenoxy) is 1. The number of fused-ring (bicyclic) bond motifs is 2. The van der Waals surface area contributed by atoms with Crippen LogP contribution in [-0.2, 0) is 19.9 Å². The number of nitrogens with one attached hydrogen (secondary N) is 1. The Morgan fingerprint density at radius 2 is 1.73 bits per heavy atom. The highest BCUT2D eigenvalue weighted by molar-refractivity contribution is 6.07. The Bertz CT molecular complexity index is 756. The molecule has 4 rings (SSSR count). The summed E-state index contributed by atoms with van der Waals surface area (Å²) in [6.07, 6.45) is 0.0137. The molecule has 4 heteroatoms. The monoisotopic (exact) mass is 293 g/mol. The molecule has 1 fully saturated rings. The molecule has 1 amide bonds. The van der Waals surface area contributed by atoms with E-state index in [2.05, 4.69) is 5.32 Å². The van der Waals surface area contributed by atoms with Gasteiger partial charge in [0.25, 0.3) is 5.91 Å². The van der Waals surface area contributed by atoms with E-state index in [1.165, 1.54) is 0 Å². The largest absolute Gasteiger partial charge is 0.351 e. The lowest BCUT2D eigenvalue weighted by Gasteiger charge is -2.36. The van der Waals surface area contributed by atoms with Crippen molar-refractivity contribution in [3.05, 3.63) is 65.7 Å². The van der Waals surface area contributed by atoms with Crippen LogP contribution in [-0.4, -0.2) is 11.7 Å². The van der Waals surface area contributed by atoms with Crippen molar-refractivity contribution in [1.82, 2.24) is 0 Å². The van der Waals surface area contributed by atoms with Gasteiger partial charge < -0.3 is 10.1 Å². The number of rotatable bonds is 1. The van der Waals surface area contributed by atoms with Crippen LogP contribution in [0.25, 0.3) is 0 Å². The third kappa shape index (κ3) is 1.88. The minimum atomic E-state index is -1.19. The van der Waals surface area contributed by atoms with E-state index < -0.39 is 5.60 Å². The minimum Gasteiger partial charge on any atom is -0.351 e. The summed E-state index contributed by atoms with van der Waals surface area (Å²) in [5, 5.41) is 2.83. The first kappa shape index (κ1) is 13.2. The lowest BCUT2D eigenvalue weighted by Crippen LogP contribution is -2.44. The van der Waals surface area contributed by atoms with Crippen LogP contribution in [0.15, 0.2) is 54.6 Å². The number of carbonyl (C=O) groups is 2. The Hall–Kier alpha value is -2.46. The van der Waals surface area contributed by atoms with Crippen molar-refractivity contribution in [3.63, 3.8) is 0 Å². The highest BCUT2D eigenvalue weighted by Gasteiger charge is 2.53. The third-order valence-electron chi connectivity index (χ3n) is 4.35. The molecule has 0 saturated carbocycles. The first-order valence-electron chi connectivity index (χ1n) is 7.34. The van der Waals surface area contributed by atoms with E-state index in [-0.39, 0.29) is 24.2 Å². The smallest absolute Gasteiger partial charge is 0.261 e. The molecule has 0 aliphatic carbocycles. The molecule has 1 N–H and O–H groups in total. The normalized spacial score (nSPS) is 26.8. The predicted molar refractivity (Wildman–Crippen MR) is 81.3 cm³/mol. The molecule has 4 nitrogen and oxygen atoms in total. The zero-order valence-corrected chi connectivity index (χ0v) is 11.9. The summed E-state index contributed by atoms with van der Waals surface area (Å²) in [4.78, 5) is 24.8. The summed E-state index contributed by atoms with van der Waals surface area (Å²) in [6, 6.07) is 17.0. The zero-order chi connectivity index (χ0) is 15.2. The first-order chi connectivity index (χ1) is 10.7. The SMILES string of the molecule is O=C1C[C@@H](c2ccccc2)O[C@]2(C1)C(=O)Nc1ccccc12. The van der Waals surface area contributed by atoms with E-state index in [4.69, 9.17) is 4.74 Å². The van der Waals surface area contributed by atoms with Gasteiger partial charge in [-0.3, -0.25) is 9.59 Å². The van der Waals surface area contributed by atoms with Crippen LogP contribution < -0.4 is 5.32 Å². The van der Waals surface area contributed by atoms with Gasteiger partial charge in [0.15, 0.2) is 5.60 Å². The maximum Gasteiger partial charge on any atom is 0.261 e. The molecule has 2 aliphatic heterocycles. The van der Waals surface area contributed by atoms with Gasteiger partial charge in [0, 0.05) is 24.1 Å². The fourth-order valence-electron chi connectivity index (χ4n) is 3.32. The van der Waals surface area contributed by atoms with Gasteiger partial charge in [-0.2, -0.15) is 0 Å². The van der Waals surface area contributed by atoms with E-state index in [1.807, 2.05) is 54.6 Å². The topological polar surface area (TPSA) is 55.4 Å². The Morgan fingerprint density at radius 3 is 2.55 bits per heavy atom. The average Bonchev–Trinajstić information content (AvgIpc) is 2.80. The number of Topliss-reactive ketones (excluding diaryl/α,β-unsaturated/α-hetero) is 1. The van der Waals surface area contributed by atoms with Crippen molar-refractivity contribution < 1.29 is 14.3 Å². The molecular weight excluding hydrogens is 278 g/mol. The molecule has 2 atom stereocenters. The number of anilines is 1. The van der Waals surface area contributed by atoms with E-state index in [9.17, 15) is 9.59 Å². The van der Waals surface area contributed by atoms with Crippen molar-refractivity contribution in [2.75, 3.05) is 5.32 Å². The predicted octanol–water partition coefficient (Wildman–Crippen LogP) is 2.95. The molecule has 2 aromatic carbocycles. The van der Waals surface area contributed by atoms with Gasteiger partial charge >= 0.3 is 0 Å². The highest BCUT2D eigenvalue weighted by Crippen LogP contribution is 2.48. The molecule has 110 valence electrons. The first-order valence-corrected chi connectivity index (χ1v) is 7.34. The molecule has 1 saturated heterocycles. The van der Waals surface area contributed by atoms with Crippen LogP contribution in [0.5, 0.6) is 0 Å². The van der Waals surface area contributed by atoms with Gasteiger partial charge in [-0.1, -0.05) is 48.5 Å². The fraction of sp³-hybridized carbons (Fsp3) is 0.222. The van der Waals surface area contributed by atoms with Gasteiger partial charge in [-0.15, -0.1) is 0 Å². The number of para-hydroxylation sites is 1. The summed E-state index contributed by atoms with van der Waals surface area (Å²) in [6.45, 7) is 0. The molecule has 0 radical (unpaired) electrons. The summed E-state index contributed by atoms with van der Waals surface area (Å²) in [5.41, 5.74) is 1.22. The maximum absolute atomic E-state index is 12.5. The Balaban J connectivity index is 1.79. The Labute approximate surface area is 128 Å². The number of ketones is 1. The molecule has 2 aliphatic rings. The third-order valence-corrected chi connectivity index (χ3v) is 4.35. The van der Waals surface area contributed by atoms with Gasteiger partial charge in [0.05, 0.1) is 6.10 Å². The molecule has 1 spiro atoms. The van der Waals surface area contributed by atoms with Gasteiger partial charge in [0.2, 0.25) is 0 Å². The molecule has 0 bridgehead atoms. The summed E-state index contributed by atoms with van der Waals surface area (Å²) in [7, 11) is 0. The van der Waals surface area contributed by atoms with E-state index >= 15 is 0 Å². The Kier molecular flexibility index (Phi) is 2.87. The van der Waals surface area contributed by atoms with Gasteiger partial charge in [-0.05, 0) is 11.6 Å². The lowest BCUT2D eigenvalue weighted by atomic mass is 9.84. The number of hydrogen-bond donors (Lipinski definition) is 1. The standard InChI is InChI=1S/C18H15NO3/c20-13-10-16(12-6-2-1-3-7-12)22-18(11-13)14-8-4-5-9-15(14)19-17(18)21/h1-9,16H,10-11H2,(H,19,21)/t16-,18-/m0/s1. The quantitative estimate of drug-likeness (QED) is 0.879.